The Morgan fingerprint density at radius 1 is 1.19 bits per heavy atom. The molecular weight excluding hydrogens is 520 g/mol. The van der Waals surface area contributed by atoms with Crippen molar-refractivity contribution in [2.75, 3.05) is 0 Å². The van der Waals surface area contributed by atoms with Gasteiger partial charge in [-0.3, -0.25) is 0 Å². The van der Waals surface area contributed by atoms with Crippen molar-refractivity contribution in [2.45, 2.75) is 27.7 Å². The standard InChI is InChI=1S/C20H19N4O2.Ir/c1-12(2)20(25)26-17-8-6-16(7-9-17)19-21-22-23-24(19)18-14(4)10-13(3)11-15(18)5;/h6,8-11H,1H2,2-5H3;/q-1;. The Morgan fingerprint density at radius 2 is 1.85 bits per heavy atom. The minimum absolute atomic E-state index is 0. The van der Waals surface area contributed by atoms with Gasteiger partial charge in [0.25, 0.3) is 0 Å². The molecule has 2 aromatic carbocycles. The molecular formula is C20H19IrN4O2-. The number of esters is 1. The van der Waals surface area contributed by atoms with E-state index in [-0.39, 0.29) is 20.1 Å². The van der Waals surface area contributed by atoms with Crippen LogP contribution in [0.15, 0.2) is 42.5 Å². The van der Waals surface area contributed by atoms with Crippen molar-refractivity contribution in [2.24, 2.45) is 0 Å². The van der Waals surface area contributed by atoms with Crippen molar-refractivity contribution in [1.82, 2.24) is 20.2 Å². The molecule has 141 valence electrons. The van der Waals surface area contributed by atoms with Gasteiger partial charge in [-0.05, 0) is 49.2 Å². The third-order valence-electron chi connectivity index (χ3n) is 3.90. The summed E-state index contributed by atoms with van der Waals surface area (Å²) >= 11 is 0. The van der Waals surface area contributed by atoms with Gasteiger partial charge in [0.05, 0.1) is 5.69 Å². The fourth-order valence-electron chi connectivity index (χ4n) is 2.82. The van der Waals surface area contributed by atoms with Gasteiger partial charge in [-0.25, -0.2) is 9.48 Å². The summed E-state index contributed by atoms with van der Waals surface area (Å²) in [6.07, 6.45) is 0. The van der Waals surface area contributed by atoms with Crippen LogP contribution >= 0.6 is 0 Å². The van der Waals surface area contributed by atoms with E-state index in [1.807, 2.05) is 13.8 Å². The topological polar surface area (TPSA) is 69.9 Å². The van der Waals surface area contributed by atoms with Crippen molar-refractivity contribution >= 4 is 5.97 Å². The maximum atomic E-state index is 11.6. The molecule has 0 aliphatic heterocycles. The van der Waals surface area contributed by atoms with E-state index in [1.165, 1.54) is 5.56 Å². The molecule has 0 aliphatic rings. The van der Waals surface area contributed by atoms with Crippen LogP contribution in [0.2, 0.25) is 0 Å². The SMILES string of the molecule is C=C(C)C(=O)Oc1c[c-]c(-c2nnnn2-c2c(C)cc(C)cc2C)cc1.[Ir]. The van der Waals surface area contributed by atoms with E-state index in [4.69, 9.17) is 4.74 Å². The van der Waals surface area contributed by atoms with E-state index in [0.29, 0.717) is 22.7 Å². The number of benzene rings is 2. The van der Waals surface area contributed by atoms with Crippen LogP contribution in [0.3, 0.4) is 0 Å². The Hall–Kier alpha value is -2.63. The van der Waals surface area contributed by atoms with E-state index in [2.05, 4.69) is 47.2 Å². The smallest absolute Gasteiger partial charge is 0.329 e. The molecule has 0 amide bonds. The van der Waals surface area contributed by atoms with Gasteiger partial charge in [0.15, 0.2) is 0 Å². The van der Waals surface area contributed by atoms with Gasteiger partial charge in [-0.15, -0.1) is 29.8 Å². The van der Waals surface area contributed by atoms with Gasteiger partial charge < -0.3 is 4.74 Å². The molecule has 0 N–H and O–H groups in total. The van der Waals surface area contributed by atoms with Crippen LogP contribution in [0.4, 0.5) is 0 Å². The van der Waals surface area contributed by atoms with E-state index in [9.17, 15) is 4.79 Å². The first kappa shape index (κ1) is 20.7. The Balaban J connectivity index is 0.00000261. The summed E-state index contributed by atoms with van der Waals surface area (Å²) in [5.41, 5.74) is 5.34. The third kappa shape index (κ3) is 4.38. The first-order valence-corrected chi connectivity index (χ1v) is 8.13. The molecule has 0 saturated heterocycles. The van der Waals surface area contributed by atoms with Gasteiger partial charge in [-0.1, -0.05) is 24.3 Å². The number of nitrogens with zero attached hydrogens (tertiary/aromatic N) is 4. The van der Waals surface area contributed by atoms with Crippen LogP contribution in [0, 0.1) is 26.8 Å². The zero-order chi connectivity index (χ0) is 18.8. The summed E-state index contributed by atoms with van der Waals surface area (Å²) in [4.78, 5) is 11.6. The number of carbonyl (C=O) groups excluding carboxylic acids is 1. The zero-order valence-corrected chi connectivity index (χ0v) is 17.9. The van der Waals surface area contributed by atoms with E-state index >= 15 is 0 Å². The van der Waals surface area contributed by atoms with Gasteiger partial charge >= 0.3 is 5.97 Å². The number of carbonyl (C=O) groups is 1. The number of rotatable bonds is 4. The Kier molecular flexibility index (Phi) is 6.41. The number of ether oxygens (including phenoxy) is 1. The molecule has 1 heterocycles. The summed E-state index contributed by atoms with van der Waals surface area (Å²) in [6.45, 7) is 11.3. The van der Waals surface area contributed by atoms with Gasteiger partial charge in [-0.2, -0.15) is 5.10 Å². The van der Waals surface area contributed by atoms with Crippen LogP contribution in [-0.2, 0) is 24.9 Å². The Morgan fingerprint density at radius 3 is 2.41 bits per heavy atom. The van der Waals surface area contributed by atoms with Gasteiger partial charge in [0.1, 0.15) is 5.82 Å². The summed E-state index contributed by atoms with van der Waals surface area (Å²) in [6, 6.07) is 12.3. The predicted molar refractivity (Wildman–Crippen MR) is 98.1 cm³/mol. The van der Waals surface area contributed by atoms with E-state index in [1.54, 1.807) is 29.8 Å². The molecule has 0 bridgehead atoms. The molecule has 0 atom stereocenters. The van der Waals surface area contributed by atoms with Crippen LogP contribution in [-0.4, -0.2) is 26.2 Å². The Labute approximate surface area is 171 Å². The number of hydrogen-bond acceptors (Lipinski definition) is 5. The first-order valence-electron chi connectivity index (χ1n) is 8.13. The second-order valence-electron chi connectivity index (χ2n) is 6.27. The molecule has 27 heavy (non-hydrogen) atoms. The second-order valence-corrected chi connectivity index (χ2v) is 6.27. The number of hydrogen-bond donors (Lipinski definition) is 0. The monoisotopic (exact) mass is 540 g/mol. The van der Waals surface area contributed by atoms with Crippen LogP contribution < -0.4 is 4.74 Å². The number of aromatic nitrogens is 4. The minimum atomic E-state index is -0.470. The van der Waals surface area contributed by atoms with Crippen LogP contribution in [0.1, 0.15) is 23.6 Å². The molecule has 3 rings (SSSR count). The molecule has 1 aromatic heterocycles. The third-order valence-corrected chi connectivity index (χ3v) is 3.90. The molecule has 7 heteroatoms. The summed E-state index contributed by atoms with van der Waals surface area (Å²) in [7, 11) is 0. The van der Waals surface area contributed by atoms with Gasteiger partial charge in [0, 0.05) is 31.4 Å². The Bertz CT molecular complexity index is 970. The fourth-order valence-corrected chi connectivity index (χ4v) is 2.82. The molecule has 0 unspecified atom stereocenters. The fraction of sp³-hybridized carbons (Fsp3) is 0.200. The predicted octanol–water partition coefficient (Wildman–Crippen LogP) is 3.53. The minimum Gasteiger partial charge on any atom is -0.471 e. The maximum absolute atomic E-state index is 11.6. The van der Waals surface area contributed by atoms with Crippen molar-refractivity contribution in [1.29, 1.82) is 0 Å². The van der Waals surface area contributed by atoms with Gasteiger partial charge in [0.2, 0.25) is 0 Å². The van der Waals surface area contributed by atoms with E-state index in [0.717, 1.165) is 16.8 Å². The largest absolute Gasteiger partial charge is 0.471 e. The van der Waals surface area contributed by atoms with Crippen LogP contribution in [0.25, 0.3) is 17.1 Å². The number of tetrazole rings is 1. The van der Waals surface area contributed by atoms with Crippen molar-refractivity contribution < 1.29 is 29.6 Å². The van der Waals surface area contributed by atoms with E-state index < -0.39 is 5.97 Å². The zero-order valence-electron chi connectivity index (χ0n) is 15.5. The normalized spacial score (nSPS) is 10.2. The van der Waals surface area contributed by atoms with Crippen molar-refractivity contribution in [3.05, 3.63) is 65.2 Å². The van der Waals surface area contributed by atoms with Crippen molar-refractivity contribution in [3.63, 3.8) is 0 Å². The summed E-state index contributed by atoms with van der Waals surface area (Å²) in [5.74, 6) is 0.489. The molecule has 0 spiro atoms. The summed E-state index contributed by atoms with van der Waals surface area (Å²) in [5, 5.41) is 12.1. The first-order chi connectivity index (χ1) is 12.4. The number of aryl methyl sites for hydroxylation is 3. The van der Waals surface area contributed by atoms with Crippen molar-refractivity contribution in [3.8, 4) is 22.8 Å². The maximum Gasteiger partial charge on any atom is 0.329 e. The molecule has 3 aromatic rings. The molecule has 0 saturated carbocycles. The quantitative estimate of drug-likeness (QED) is 0.220. The second kappa shape index (κ2) is 8.37. The molecule has 6 nitrogen and oxygen atoms in total. The molecule has 0 fully saturated rings. The van der Waals surface area contributed by atoms with Crippen LogP contribution in [0.5, 0.6) is 5.75 Å². The summed E-state index contributed by atoms with van der Waals surface area (Å²) < 4.78 is 6.89. The average Bonchev–Trinajstić information content (AvgIpc) is 3.03. The average molecular weight is 540 g/mol. The molecule has 0 aliphatic carbocycles. The molecule has 1 radical (unpaired) electrons.